The Hall–Kier alpha value is -1.93. The number of carbonyl (C=O) groups is 2. The van der Waals surface area contributed by atoms with Crippen molar-refractivity contribution in [1.82, 2.24) is 19.4 Å². The van der Waals surface area contributed by atoms with E-state index in [1.807, 2.05) is 22.7 Å². The first-order valence-corrected chi connectivity index (χ1v) is 8.32. The Kier molecular flexibility index (Phi) is 5.15. The van der Waals surface area contributed by atoms with E-state index in [1.165, 1.54) is 0 Å². The smallest absolute Gasteiger partial charge is 0.307 e. The number of aryl methyl sites for hydroxylation is 1. The lowest BCUT2D eigenvalue weighted by atomic mass is 9.88. The number of piperidine rings is 1. The molecule has 2 atom stereocenters. The van der Waals surface area contributed by atoms with Gasteiger partial charge in [-0.3, -0.25) is 14.5 Å². The first-order valence-electron chi connectivity index (χ1n) is 8.32. The van der Waals surface area contributed by atoms with Crippen molar-refractivity contribution in [2.24, 2.45) is 18.9 Å². The number of morpholine rings is 1. The van der Waals surface area contributed by atoms with Crippen LogP contribution in [-0.2, 0) is 27.9 Å². The number of likely N-dealkylation sites (tertiary alicyclic amines) is 1. The molecule has 1 amide bonds. The summed E-state index contributed by atoms with van der Waals surface area (Å²) in [6.07, 6.45) is 4.00. The van der Waals surface area contributed by atoms with Crippen molar-refractivity contribution in [3.8, 4) is 0 Å². The Morgan fingerprint density at radius 3 is 2.62 bits per heavy atom. The zero-order valence-electron chi connectivity index (χ0n) is 13.9. The van der Waals surface area contributed by atoms with Crippen LogP contribution in [0.1, 0.15) is 12.2 Å². The van der Waals surface area contributed by atoms with Crippen molar-refractivity contribution >= 4 is 11.9 Å². The van der Waals surface area contributed by atoms with Crippen molar-refractivity contribution in [3.05, 3.63) is 18.2 Å². The predicted molar refractivity (Wildman–Crippen MR) is 85.1 cm³/mol. The second-order valence-electron chi connectivity index (χ2n) is 6.55. The van der Waals surface area contributed by atoms with Gasteiger partial charge in [0.1, 0.15) is 5.82 Å². The number of hydrogen-bond donors (Lipinski definition) is 1. The van der Waals surface area contributed by atoms with Gasteiger partial charge < -0.3 is 19.3 Å². The number of aromatic nitrogens is 2. The van der Waals surface area contributed by atoms with Crippen molar-refractivity contribution in [2.45, 2.75) is 13.0 Å². The molecule has 0 spiro atoms. The van der Waals surface area contributed by atoms with Crippen LogP contribution in [-0.4, -0.2) is 75.7 Å². The summed E-state index contributed by atoms with van der Waals surface area (Å²) in [4.78, 5) is 32.4. The van der Waals surface area contributed by atoms with Crippen LogP contribution in [0.3, 0.4) is 0 Å². The molecule has 0 saturated carbocycles. The highest BCUT2D eigenvalue weighted by atomic mass is 16.5. The second-order valence-corrected chi connectivity index (χ2v) is 6.55. The summed E-state index contributed by atoms with van der Waals surface area (Å²) in [5, 5.41) is 9.45. The number of nitrogens with zero attached hydrogens (tertiary/aromatic N) is 4. The van der Waals surface area contributed by atoms with Crippen LogP contribution in [0.4, 0.5) is 0 Å². The minimum Gasteiger partial charge on any atom is -0.481 e. The first kappa shape index (κ1) is 16.9. The molecule has 132 valence electrons. The summed E-state index contributed by atoms with van der Waals surface area (Å²) in [5.74, 6) is -0.709. The van der Waals surface area contributed by atoms with Gasteiger partial charge in [-0.2, -0.15) is 0 Å². The topological polar surface area (TPSA) is 87.9 Å². The average molecular weight is 336 g/mol. The lowest BCUT2D eigenvalue weighted by Gasteiger charge is -2.38. The van der Waals surface area contributed by atoms with Crippen molar-refractivity contribution in [3.63, 3.8) is 0 Å². The molecule has 0 radical (unpaired) electrons. The van der Waals surface area contributed by atoms with E-state index >= 15 is 0 Å². The highest BCUT2D eigenvalue weighted by Crippen LogP contribution is 2.25. The zero-order chi connectivity index (χ0) is 17.1. The number of amides is 1. The third-order valence-corrected chi connectivity index (χ3v) is 4.83. The van der Waals surface area contributed by atoms with E-state index in [1.54, 1.807) is 11.1 Å². The van der Waals surface area contributed by atoms with Gasteiger partial charge in [0.05, 0.1) is 31.6 Å². The summed E-state index contributed by atoms with van der Waals surface area (Å²) in [6, 6.07) is 0. The fourth-order valence-corrected chi connectivity index (χ4v) is 3.47. The van der Waals surface area contributed by atoms with Crippen LogP contribution in [0, 0.1) is 11.8 Å². The summed E-state index contributed by atoms with van der Waals surface area (Å²) in [5.41, 5.74) is 0. The van der Waals surface area contributed by atoms with Crippen molar-refractivity contribution in [2.75, 3.05) is 39.4 Å². The number of rotatable bonds is 4. The van der Waals surface area contributed by atoms with Gasteiger partial charge in [0.25, 0.3) is 0 Å². The lowest BCUT2D eigenvalue weighted by molar-refractivity contribution is -0.149. The van der Waals surface area contributed by atoms with Crippen LogP contribution in [0.25, 0.3) is 0 Å². The van der Waals surface area contributed by atoms with Crippen LogP contribution in [0.2, 0.25) is 0 Å². The molecule has 0 unspecified atom stereocenters. The minimum atomic E-state index is -0.834. The van der Waals surface area contributed by atoms with Gasteiger partial charge in [-0.25, -0.2) is 4.98 Å². The Bertz CT molecular complexity index is 597. The molecule has 0 aromatic carbocycles. The monoisotopic (exact) mass is 336 g/mol. The summed E-state index contributed by atoms with van der Waals surface area (Å²) >= 11 is 0. The number of hydrogen-bond acceptors (Lipinski definition) is 5. The summed E-state index contributed by atoms with van der Waals surface area (Å²) < 4.78 is 7.21. The molecule has 1 aromatic heterocycles. The average Bonchev–Trinajstić information content (AvgIpc) is 2.99. The zero-order valence-corrected chi connectivity index (χ0v) is 13.9. The lowest BCUT2D eigenvalue weighted by Crippen LogP contribution is -2.51. The SMILES string of the molecule is Cn1ccnc1CN1C[C@H](C(=O)O)C[C@@H](C(=O)N2CCOCC2)C1. The van der Waals surface area contributed by atoms with Gasteiger partial charge in [0, 0.05) is 45.6 Å². The second kappa shape index (κ2) is 7.31. The first-order chi connectivity index (χ1) is 11.5. The van der Waals surface area contributed by atoms with Crippen LogP contribution >= 0.6 is 0 Å². The van der Waals surface area contributed by atoms with E-state index in [0.29, 0.717) is 52.4 Å². The van der Waals surface area contributed by atoms with Gasteiger partial charge in [0.2, 0.25) is 5.91 Å². The van der Waals surface area contributed by atoms with E-state index in [9.17, 15) is 14.7 Å². The maximum Gasteiger partial charge on any atom is 0.307 e. The Morgan fingerprint density at radius 1 is 1.29 bits per heavy atom. The highest BCUT2D eigenvalue weighted by Gasteiger charge is 2.37. The van der Waals surface area contributed by atoms with Crippen LogP contribution < -0.4 is 0 Å². The fourth-order valence-electron chi connectivity index (χ4n) is 3.47. The molecule has 3 rings (SSSR count). The summed E-state index contributed by atoms with van der Waals surface area (Å²) in [6.45, 7) is 3.87. The quantitative estimate of drug-likeness (QED) is 0.819. The van der Waals surface area contributed by atoms with Crippen LogP contribution in [0.15, 0.2) is 12.4 Å². The predicted octanol–water partition coefficient (Wildman–Crippen LogP) is -0.198. The number of aliphatic carboxylic acids is 1. The molecule has 0 bridgehead atoms. The molecule has 2 aliphatic rings. The molecule has 2 saturated heterocycles. The molecule has 8 nitrogen and oxygen atoms in total. The molecule has 1 N–H and O–H groups in total. The molecule has 0 aliphatic carbocycles. The molecular weight excluding hydrogens is 312 g/mol. The number of ether oxygens (including phenoxy) is 1. The van der Waals surface area contributed by atoms with Crippen molar-refractivity contribution in [1.29, 1.82) is 0 Å². The largest absolute Gasteiger partial charge is 0.481 e. The Morgan fingerprint density at radius 2 is 2.00 bits per heavy atom. The summed E-state index contributed by atoms with van der Waals surface area (Å²) in [7, 11) is 1.91. The van der Waals surface area contributed by atoms with Gasteiger partial charge in [-0.15, -0.1) is 0 Å². The van der Waals surface area contributed by atoms with Gasteiger partial charge in [0.15, 0.2) is 0 Å². The highest BCUT2D eigenvalue weighted by molar-refractivity contribution is 5.80. The molecule has 2 fully saturated rings. The number of carbonyl (C=O) groups excluding carboxylic acids is 1. The molecule has 8 heteroatoms. The standard InChI is InChI=1S/C16H24N4O4/c1-18-3-2-17-14(18)11-19-9-12(8-13(10-19)16(22)23)15(21)20-4-6-24-7-5-20/h2-3,12-13H,4-11H2,1H3,(H,22,23)/t12-,13-/m1/s1. The van der Waals surface area contributed by atoms with Crippen molar-refractivity contribution < 1.29 is 19.4 Å². The van der Waals surface area contributed by atoms with E-state index in [0.717, 1.165) is 5.82 Å². The number of carboxylic acids is 1. The third-order valence-electron chi connectivity index (χ3n) is 4.83. The Labute approximate surface area is 141 Å². The molecular formula is C16H24N4O4. The maximum absolute atomic E-state index is 12.8. The van der Waals surface area contributed by atoms with Gasteiger partial charge >= 0.3 is 5.97 Å². The van der Waals surface area contributed by atoms with E-state index < -0.39 is 11.9 Å². The molecule has 3 heterocycles. The van der Waals surface area contributed by atoms with E-state index in [4.69, 9.17) is 4.74 Å². The van der Waals surface area contributed by atoms with Gasteiger partial charge in [-0.05, 0) is 6.42 Å². The Balaban J connectivity index is 1.70. The molecule has 2 aliphatic heterocycles. The normalized spacial score (nSPS) is 25.6. The third kappa shape index (κ3) is 3.76. The molecule has 24 heavy (non-hydrogen) atoms. The minimum absolute atomic E-state index is 0.0501. The van der Waals surface area contributed by atoms with E-state index in [-0.39, 0.29) is 11.8 Å². The number of carboxylic acid groups (broad SMARTS) is 1. The fraction of sp³-hybridized carbons (Fsp3) is 0.688. The van der Waals surface area contributed by atoms with Crippen LogP contribution in [0.5, 0.6) is 0 Å². The maximum atomic E-state index is 12.8. The molecule has 1 aromatic rings. The van der Waals surface area contributed by atoms with Gasteiger partial charge in [-0.1, -0.05) is 0 Å². The van der Waals surface area contributed by atoms with E-state index in [2.05, 4.69) is 4.98 Å². The number of imidazole rings is 1.